The molecule has 2 heterocycles. The number of hydrogen-bond acceptors (Lipinski definition) is 6. The number of carbonyl (C=O) groups excluding carboxylic acids is 1. The lowest BCUT2D eigenvalue weighted by molar-refractivity contribution is -0.113. The van der Waals surface area contributed by atoms with Crippen LogP contribution in [0.1, 0.15) is 29.0 Å². The van der Waals surface area contributed by atoms with E-state index in [1.807, 2.05) is 56.3 Å². The third-order valence-corrected chi connectivity index (χ3v) is 6.39. The van der Waals surface area contributed by atoms with Gasteiger partial charge in [-0.2, -0.15) is 5.10 Å². The molecule has 31 heavy (non-hydrogen) atoms. The van der Waals surface area contributed by atoms with Gasteiger partial charge in [-0.15, -0.1) is 11.8 Å². The van der Waals surface area contributed by atoms with Crippen molar-refractivity contribution in [3.05, 3.63) is 59.3 Å². The predicted molar refractivity (Wildman–Crippen MR) is 122 cm³/mol. The van der Waals surface area contributed by atoms with Gasteiger partial charge in [-0.3, -0.25) is 4.79 Å². The molecule has 1 N–H and O–H groups in total. The fourth-order valence-electron chi connectivity index (χ4n) is 3.68. The van der Waals surface area contributed by atoms with Gasteiger partial charge < -0.3 is 19.5 Å². The van der Waals surface area contributed by atoms with Crippen LogP contribution in [0.25, 0.3) is 5.69 Å². The van der Waals surface area contributed by atoms with Crippen molar-refractivity contribution in [1.82, 2.24) is 9.78 Å². The number of rotatable bonds is 6. The number of methoxy groups -OCH3 is 2. The maximum Gasteiger partial charge on any atom is 0.235 e. The molecule has 0 bridgehead atoms. The first-order valence-electron chi connectivity index (χ1n) is 10.0. The largest absolute Gasteiger partial charge is 0.497 e. The summed E-state index contributed by atoms with van der Waals surface area (Å²) in [5.74, 6) is 3.11. The van der Waals surface area contributed by atoms with E-state index in [-0.39, 0.29) is 11.2 Å². The molecule has 0 spiro atoms. The lowest BCUT2D eigenvalue weighted by atomic mass is 10.0. The van der Waals surface area contributed by atoms with Crippen LogP contribution in [0.5, 0.6) is 17.2 Å². The van der Waals surface area contributed by atoms with E-state index in [9.17, 15) is 4.79 Å². The zero-order valence-electron chi connectivity index (χ0n) is 18.0. The van der Waals surface area contributed by atoms with Crippen LogP contribution < -0.4 is 19.5 Å². The average Bonchev–Trinajstić information content (AvgIpc) is 2.99. The minimum atomic E-state index is -0.0782. The summed E-state index contributed by atoms with van der Waals surface area (Å²) in [7, 11) is 3.26. The second-order valence-electron chi connectivity index (χ2n) is 7.04. The summed E-state index contributed by atoms with van der Waals surface area (Å²) in [6, 6.07) is 13.5. The number of amides is 1. The summed E-state index contributed by atoms with van der Waals surface area (Å²) in [5, 5.41) is 7.73. The lowest BCUT2D eigenvalue weighted by Crippen LogP contribution is -2.15. The Labute approximate surface area is 185 Å². The Hall–Kier alpha value is -3.13. The molecule has 0 radical (unpaired) electrons. The average molecular weight is 440 g/mol. The van der Waals surface area contributed by atoms with E-state index in [1.165, 1.54) is 0 Å². The van der Waals surface area contributed by atoms with E-state index in [1.54, 1.807) is 30.7 Å². The number of nitrogens with one attached hydrogen (secondary N) is 1. The minimum Gasteiger partial charge on any atom is -0.497 e. The van der Waals surface area contributed by atoms with Crippen molar-refractivity contribution in [3.63, 3.8) is 0 Å². The molecule has 2 aromatic carbocycles. The van der Waals surface area contributed by atoms with Crippen LogP contribution in [0.3, 0.4) is 0 Å². The van der Waals surface area contributed by atoms with Crippen LogP contribution in [0.2, 0.25) is 0 Å². The molecular weight excluding hydrogens is 414 g/mol. The summed E-state index contributed by atoms with van der Waals surface area (Å²) in [4.78, 5) is 12.5. The number of anilines is 1. The van der Waals surface area contributed by atoms with Crippen molar-refractivity contribution >= 4 is 23.5 Å². The standard InChI is InChI=1S/C23H25N3O4S/c1-5-30-18-11-6-15(12-19(18)29-4)22-21-14(2)25-26(23(21)24-20(27)13-31-22)16-7-9-17(28-3)10-8-16/h6-12,22H,5,13H2,1-4H3,(H,24,27)/t22-/m1/s1. The highest BCUT2D eigenvalue weighted by molar-refractivity contribution is 8.00. The van der Waals surface area contributed by atoms with Gasteiger partial charge in [-0.1, -0.05) is 6.07 Å². The van der Waals surface area contributed by atoms with Crippen LogP contribution in [0, 0.1) is 6.92 Å². The molecular formula is C23H25N3O4S. The zero-order chi connectivity index (χ0) is 22.0. The van der Waals surface area contributed by atoms with Gasteiger partial charge in [0.15, 0.2) is 11.5 Å². The molecule has 0 saturated carbocycles. The Bertz CT molecular complexity index is 1090. The molecule has 1 atom stereocenters. The second-order valence-corrected chi connectivity index (χ2v) is 8.13. The monoisotopic (exact) mass is 439 g/mol. The first-order valence-corrected chi connectivity index (χ1v) is 11.1. The fourth-order valence-corrected chi connectivity index (χ4v) is 4.86. The van der Waals surface area contributed by atoms with Crippen LogP contribution >= 0.6 is 11.8 Å². The number of aromatic nitrogens is 2. The van der Waals surface area contributed by atoms with Gasteiger partial charge in [0.25, 0.3) is 0 Å². The van der Waals surface area contributed by atoms with Gasteiger partial charge in [0.2, 0.25) is 5.91 Å². The molecule has 1 amide bonds. The maximum absolute atomic E-state index is 12.5. The van der Waals surface area contributed by atoms with Crippen molar-refractivity contribution in [2.75, 3.05) is 31.9 Å². The lowest BCUT2D eigenvalue weighted by Gasteiger charge is -2.18. The Morgan fingerprint density at radius 2 is 1.90 bits per heavy atom. The summed E-state index contributed by atoms with van der Waals surface area (Å²) in [5.41, 5.74) is 3.72. The van der Waals surface area contributed by atoms with E-state index >= 15 is 0 Å². The van der Waals surface area contributed by atoms with Crippen LogP contribution in [0.4, 0.5) is 5.82 Å². The van der Waals surface area contributed by atoms with E-state index in [4.69, 9.17) is 19.3 Å². The number of ether oxygens (including phenoxy) is 3. The molecule has 0 aliphatic carbocycles. The quantitative estimate of drug-likeness (QED) is 0.615. The van der Waals surface area contributed by atoms with Gasteiger partial charge in [0.1, 0.15) is 11.6 Å². The van der Waals surface area contributed by atoms with Crippen molar-refractivity contribution < 1.29 is 19.0 Å². The van der Waals surface area contributed by atoms with Crippen LogP contribution in [-0.2, 0) is 4.79 Å². The summed E-state index contributed by atoms with van der Waals surface area (Å²) < 4.78 is 18.3. The SMILES string of the molecule is CCOc1ccc([C@H]2SCC(=O)Nc3c2c(C)nn3-c2ccc(OC)cc2)cc1OC. The van der Waals surface area contributed by atoms with E-state index < -0.39 is 0 Å². The van der Waals surface area contributed by atoms with E-state index in [0.29, 0.717) is 29.7 Å². The molecule has 4 rings (SSSR count). The molecule has 7 nitrogen and oxygen atoms in total. The third kappa shape index (κ3) is 4.07. The van der Waals surface area contributed by atoms with Crippen LogP contribution in [-0.4, -0.2) is 42.3 Å². The number of benzene rings is 2. The number of aryl methyl sites for hydroxylation is 1. The van der Waals surface area contributed by atoms with Gasteiger partial charge in [0, 0.05) is 5.56 Å². The Morgan fingerprint density at radius 3 is 2.58 bits per heavy atom. The molecule has 1 aliphatic heterocycles. The molecule has 162 valence electrons. The topological polar surface area (TPSA) is 74.6 Å². The summed E-state index contributed by atoms with van der Waals surface area (Å²) in [6.45, 7) is 4.47. The number of hydrogen-bond donors (Lipinski definition) is 1. The Balaban J connectivity index is 1.81. The minimum absolute atomic E-state index is 0.0543. The summed E-state index contributed by atoms with van der Waals surface area (Å²) in [6.07, 6.45) is 0. The number of nitrogens with zero attached hydrogens (tertiary/aromatic N) is 2. The van der Waals surface area contributed by atoms with Gasteiger partial charge in [-0.25, -0.2) is 4.68 Å². The van der Waals surface area contributed by atoms with Crippen LogP contribution in [0.15, 0.2) is 42.5 Å². The highest BCUT2D eigenvalue weighted by Crippen LogP contribution is 2.45. The molecule has 1 aromatic heterocycles. The second kappa shape index (κ2) is 8.93. The van der Waals surface area contributed by atoms with Crippen molar-refractivity contribution in [2.24, 2.45) is 0 Å². The number of thioether (sulfide) groups is 1. The Morgan fingerprint density at radius 1 is 1.13 bits per heavy atom. The van der Waals surface area contributed by atoms with Gasteiger partial charge in [-0.05, 0) is 55.8 Å². The first kappa shape index (κ1) is 21.1. The van der Waals surface area contributed by atoms with Gasteiger partial charge >= 0.3 is 0 Å². The maximum atomic E-state index is 12.5. The van der Waals surface area contributed by atoms with E-state index in [0.717, 1.165) is 28.3 Å². The molecule has 0 fully saturated rings. The number of fused-ring (bicyclic) bond motifs is 1. The summed E-state index contributed by atoms with van der Waals surface area (Å²) >= 11 is 1.57. The molecule has 3 aromatic rings. The van der Waals surface area contributed by atoms with E-state index in [2.05, 4.69) is 5.32 Å². The third-order valence-electron chi connectivity index (χ3n) is 5.12. The van der Waals surface area contributed by atoms with Crippen molar-refractivity contribution in [1.29, 1.82) is 0 Å². The van der Waals surface area contributed by atoms with Gasteiger partial charge in [0.05, 0.1) is 43.2 Å². The molecule has 1 aliphatic rings. The smallest absolute Gasteiger partial charge is 0.235 e. The van der Waals surface area contributed by atoms with Crippen molar-refractivity contribution in [3.8, 4) is 22.9 Å². The molecule has 0 saturated heterocycles. The Kier molecular flexibility index (Phi) is 6.08. The number of carbonyl (C=O) groups is 1. The predicted octanol–water partition coefficient (Wildman–Crippen LogP) is 4.37. The normalized spacial score (nSPS) is 15.6. The highest BCUT2D eigenvalue weighted by Gasteiger charge is 2.31. The van der Waals surface area contributed by atoms with Crippen molar-refractivity contribution in [2.45, 2.75) is 19.1 Å². The first-order chi connectivity index (χ1) is 15.0. The zero-order valence-corrected chi connectivity index (χ0v) is 18.8. The molecule has 0 unspecified atom stereocenters. The molecule has 8 heteroatoms. The highest BCUT2D eigenvalue weighted by atomic mass is 32.2. The fraction of sp³-hybridized carbons (Fsp3) is 0.304.